The summed E-state index contributed by atoms with van der Waals surface area (Å²) in [5, 5.41) is 7.13. The zero-order chi connectivity index (χ0) is 17.1. The van der Waals surface area contributed by atoms with Crippen LogP contribution in [0.15, 0.2) is 46.0 Å². The molecule has 0 aliphatic rings. The molecule has 24 heavy (non-hydrogen) atoms. The van der Waals surface area contributed by atoms with Gasteiger partial charge in [0.05, 0.1) is 17.9 Å². The van der Waals surface area contributed by atoms with Gasteiger partial charge < -0.3 is 9.15 Å². The van der Waals surface area contributed by atoms with E-state index in [9.17, 15) is 9.18 Å². The van der Waals surface area contributed by atoms with Gasteiger partial charge in [0.2, 0.25) is 10.9 Å². The summed E-state index contributed by atoms with van der Waals surface area (Å²) < 4.78 is 23.8. The Bertz CT molecular complexity index is 862. The first kappa shape index (κ1) is 16.3. The highest BCUT2D eigenvalue weighted by atomic mass is 32.2. The van der Waals surface area contributed by atoms with Crippen LogP contribution >= 0.6 is 11.8 Å². The highest BCUT2D eigenvalue weighted by molar-refractivity contribution is 7.99. The van der Waals surface area contributed by atoms with E-state index < -0.39 is 5.97 Å². The van der Waals surface area contributed by atoms with E-state index >= 15 is 0 Å². The van der Waals surface area contributed by atoms with Crippen molar-refractivity contribution < 1.29 is 18.3 Å². The average molecular weight is 347 g/mol. The number of carbonyl (C=O) groups is 1. The number of furan rings is 1. The number of H-pyrrole nitrogens is 1. The van der Waals surface area contributed by atoms with Crippen molar-refractivity contribution in [3.05, 3.63) is 53.7 Å². The van der Waals surface area contributed by atoms with Gasteiger partial charge in [0.15, 0.2) is 5.82 Å². The van der Waals surface area contributed by atoms with Crippen molar-refractivity contribution in [3.63, 3.8) is 0 Å². The highest BCUT2D eigenvalue weighted by Crippen LogP contribution is 2.34. The molecule has 1 aromatic carbocycles. The monoisotopic (exact) mass is 347 g/mol. The summed E-state index contributed by atoms with van der Waals surface area (Å²) in [6.07, 6.45) is 0. The van der Waals surface area contributed by atoms with E-state index in [0.29, 0.717) is 22.3 Å². The Morgan fingerprint density at radius 3 is 2.88 bits per heavy atom. The molecule has 1 unspecified atom stereocenters. The first-order valence-corrected chi connectivity index (χ1v) is 7.98. The molecule has 8 heteroatoms. The van der Waals surface area contributed by atoms with Crippen LogP contribution in [0.4, 0.5) is 4.39 Å². The molecule has 0 bridgehead atoms. The Hall–Kier alpha value is -2.61. The molecule has 0 aliphatic heterocycles. The molecule has 3 rings (SSSR count). The second-order valence-corrected chi connectivity index (χ2v) is 6.21. The first-order valence-electron chi connectivity index (χ1n) is 7.10. The molecule has 2 heterocycles. The minimum Gasteiger partial charge on any atom is -0.463 e. The molecule has 0 fully saturated rings. The van der Waals surface area contributed by atoms with E-state index in [2.05, 4.69) is 19.9 Å². The molecule has 124 valence electrons. The number of ether oxygens (including phenoxy) is 1. The summed E-state index contributed by atoms with van der Waals surface area (Å²) >= 11 is 1.33. The van der Waals surface area contributed by atoms with Crippen LogP contribution < -0.4 is 0 Å². The van der Waals surface area contributed by atoms with Crippen molar-refractivity contribution in [2.75, 3.05) is 7.11 Å². The Balaban J connectivity index is 1.74. The van der Waals surface area contributed by atoms with Gasteiger partial charge in [0.1, 0.15) is 11.6 Å². The molecule has 0 radical (unpaired) electrons. The van der Waals surface area contributed by atoms with Crippen LogP contribution in [0.3, 0.4) is 0 Å². The number of benzene rings is 1. The summed E-state index contributed by atoms with van der Waals surface area (Å²) in [4.78, 5) is 15.7. The van der Waals surface area contributed by atoms with Gasteiger partial charge in [0.25, 0.3) is 0 Å². The minimum atomic E-state index is -0.529. The lowest BCUT2D eigenvalue weighted by atomic mass is 10.2. The van der Waals surface area contributed by atoms with E-state index in [1.54, 1.807) is 30.3 Å². The predicted molar refractivity (Wildman–Crippen MR) is 86.1 cm³/mol. The molecule has 0 spiro atoms. The molecule has 2 aromatic heterocycles. The van der Waals surface area contributed by atoms with Crippen molar-refractivity contribution in [3.8, 4) is 11.4 Å². The Morgan fingerprint density at radius 2 is 2.12 bits per heavy atom. The number of esters is 1. The molecular weight excluding hydrogens is 333 g/mol. The standard InChI is InChI=1S/C16H14FN3O3S/c1-9(12-7-8-13(23-12)15(21)22-2)24-16-18-14(19-20-16)10-5-3-4-6-11(10)17/h3-9H,1-2H3,(H,18,19,20). The van der Waals surface area contributed by atoms with E-state index in [4.69, 9.17) is 4.42 Å². The Kier molecular flexibility index (Phi) is 4.66. The molecule has 0 aliphatic carbocycles. The maximum atomic E-state index is 13.8. The van der Waals surface area contributed by atoms with Gasteiger partial charge in [-0.3, -0.25) is 5.10 Å². The SMILES string of the molecule is COC(=O)c1ccc(C(C)Sc2n[nH]c(-c3ccccc3F)n2)o1. The van der Waals surface area contributed by atoms with E-state index in [1.807, 2.05) is 6.92 Å². The fourth-order valence-electron chi connectivity index (χ4n) is 2.07. The van der Waals surface area contributed by atoms with Crippen LogP contribution in [-0.4, -0.2) is 28.3 Å². The first-order chi connectivity index (χ1) is 11.6. The van der Waals surface area contributed by atoms with E-state index in [1.165, 1.54) is 24.9 Å². The van der Waals surface area contributed by atoms with Crippen molar-refractivity contribution in [1.29, 1.82) is 0 Å². The topological polar surface area (TPSA) is 81.0 Å². The number of carbonyl (C=O) groups excluding carboxylic acids is 1. The number of aromatic amines is 1. The van der Waals surface area contributed by atoms with Gasteiger partial charge in [-0.2, -0.15) is 0 Å². The van der Waals surface area contributed by atoms with Crippen LogP contribution in [-0.2, 0) is 4.74 Å². The van der Waals surface area contributed by atoms with E-state index in [0.717, 1.165) is 0 Å². The average Bonchev–Trinajstić information content (AvgIpc) is 3.24. The maximum absolute atomic E-state index is 13.8. The van der Waals surface area contributed by atoms with Gasteiger partial charge in [-0.05, 0) is 31.2 Å². The third-order valence-electron chi connectivity index (χ3n) is 3.29. The fourth-order valence-corrected chi connectivity index (χ4v) is 2.87. The van der Waals surface area contributed by atoms with Crippen molar-refractivity contribution in [2.24, 2.45) is 0 Å². The highest BCUT2D eigenvalue weighted by Gasteiger charge is 2.18. The van der Waals surface area contributed by atoms with Gasteiger partial charge in [0, 0.05) is 0 Å². The number of hydrogen-bond donors (Lipinski definition) is 1. The van der Waals surface area contributed by atoms with Gasteiger partial charge in [-0.25, -0.2) is 14.2 Å². The van der Waals surface area contributed by atoms with Crippen LogP contribution in [0.2, 0.25) is 0 Å². The molecule has 3 aromatic rings. The second-order valence-electron chi connectivity index (χ2n) is 4.90. The molecule has 0 amide bonds. The van der Waals surface area contributed by atoms with Crippen molar-refractivity contribution in [2.45, 2.75) is 17.3 Å². The molecular formula is C16H14FN3O3S. The number of aromatic nitrogens is 3. The molecule has 1 N–H and O–H groups in total. The second kappa shape index (κ2) is 6.88. The number of nitrogens with one attached hydrogen (secondary N) is 1. The largest absolute Gasteiger partial charge is 0.463 e. The number of nitrogens with zero attached hydrogens (tertiary/aromatic N) is 2. The summed E-state index contributed by atoms with van der Waals surface area (Å²) in [5.41, 5.74) is 0.357. The van der Waals surface area contributed by atoms with Gasteiger partial charge in [-0.1, -0.05) is 23.9 Å². The molecule has 1 atom stereocenters. The van der Waals surface area contributed by atoms with Crippen molar-refractivity contribution in [1.82, 2.24) is 15.2 Å². The summed E-state index contributed by atoms with van der Waals surface area (Å²) in [7, 11) is 1.29. The minimum absolute atomic E-state index is 0.132. The zero-order valence-electron chi connectivity index (χ0n) is 12.9. The van der Waals surface area contributed by atoms with E-state index in [-0.39, 0.29) is 16.8 Å². The van der Waals surface area contributed by atoms with Gasteiger partial charge in [-0.15, -0.1) is 5.10 Å². The molecule has 0 saturated carbocycles. The zero-order valence-corrected chi connectivity index (χ0v) is 13.8. The van der Waals surface area contributed by atoms with Crippen LogP contribution in [0, 0.1) is 5.82 Å². The smallest absolute Gasteiger partial charge is 0.373 e. The molecule has 6 nitrogen and oxygen atoms in total. The quantitative estimate of drug-likeness (QED) is 0.558. The maximum Gasteiger partial charge on any atom is 0.373 e. The number of thioether (sulfide) groups is 1. The molecule has 0 saturated heterocycles. The third kappa shape index (κ3) is 3.33. The summed E-state index contributed by atoms with van der Waals surface area (Å²) in [5.74, 6) is 0.197. The predicted octanol–water partition coefficient (Wildman–Crippen LogP) is 3.84. The number of halogens is 1. The van der Waals surface area contributed by atoms with Crippen LogP contribution in [0.1, 0.15) is 28.5 Å². The summed E-state index contributed by atoms with van der Waals surface area (Å²) in [6, 6.07) is 9.60. The van der Waals surface area contributed by atoms with Crippen LogP contribution in [0.25, 0.3) is 11.4 Å². The number of methoxy groups -OCH3 is 1. The number of rotatable bonds is 5. The van der Waals surface area contributed by atoms with Gasteiger partial charge >= 0.3 is 5.97 Å². The fraction of sp³-hybridized carbons (Fsp3) is 0.188. The Morgan fingerprint density at radius 1 is 1.33 bits per heavy atom. The Labute approximate surface area is 141 Å². The third-order valence-corrected chi connectivity index (χ3v) is 4.27. The normalized spacial score (nSPS) is 12.1. The number of hydrogen-bond acceptors (Lipinski definition) is 6. The van der Waals surface area contributed by atoms with Crippen molar-refractivity contribution >= 4 is 17.7 Å². The lowest BCUT2D eigenvalue weighted by Gasteiger charge is -2.04. The lowest BCUT2D eigenvalue weighted by molar-refractivity contribution is 0.0563. The van der Waals surface area contributed by atoms with Crippen LogP contribution in [0.5, 0.6) is 0 Å². The lowest BCUT2D eigenvalue weighted by Crippen LogP contribution is -1.98. The summed E-state index contributed by atoms with van der Waals surface area (Å²) in [6.45, 7) is 1.89.